The summed E-state index contributed by atoms with van der Waals surface area (Å²) in [5, 5.41) is 11.1. The smallest absolute Gasteiger partial charge is 0.255 e. The molecule has 0 aromatic heterocycles. The van der Waals surface area contributed by atoms with E-state index in [0.29, 0.717) is 24.5 Å². The lowest BCUT2D eigenvalue weighted by Gasteiger charge is -2.16. The van der Waals surface area contributed by atoms with E-state index < -0.39 is 10.0 Å². The number of amides is 1. The van der Waals surface area contributed by atoms with E-state index >= 15 is 0 Å². The average molecular weight is 435 g/mol. The Kier molecular flexibility index (Phi) is 6.20. The van der Waals surface area contributed by atoms with Crippen molar-refractivity contribution in [2.75, 3.05) is 18.4 Å². The third kappa shape index (κ3) is 5.04. The molecular formula is C23H22N4O3S. The summed E-state index contributed by atoms with van der Waals surface area (Å²) in [5.74, 6) is -0.378. The summed E-state index contributed by atoms with van der Waals surface area (Å²) < 4.78 is 27.0. The molecule has 1 aliphatic heterocycles. The van der Waals surface area contributed by atoms with Gasteiger partial charge in [-0.3, -0.25) is 4.79 Å². The number of rotatable bonds is 6. The zero-order valence-corrected chi connectivity index (χ0v) is 17.6. The molecule has 1 aliphatic rings. The Hall–Kier alpha value is -3.36. The number of benzene rings is 3. The molecule has 0 aliphatic carbocycles. The topological polar surface area (TPSA) is 91.2 Å². The van der Waals surface area contributed by atoms with E-state index in [1.807, 2.05) is 30.3 Å². The molecule has 8 heteroatoms. The SMILES string of the molecule is O=C(Nc1ccc(N=Nc2ccccc2)cc1)c1cccc(S(=O)(=O)N2CCCC2)c1. The Bertz CT molecular complexity index is 1190. The summed E-state index contributed by atoms with van der Waals surface area (Å²) in [6, 6.07) is 22.5. The monoisotopic (exact) mass is 434 g/mol. The van der Waals surface area contributed by atoms with Crippen molar-refractivity contribution in [2.45, 2.75) is 17.7 Å². The highest BCUT2D eigenvalue weighted by molar-refractivity contribution is 7.89. The van der Waals surface area contributed by atoms with Gasteiger partial charge >= 0.3 is 0 Å². The van der Waals surface area contributed by atoms with Crippen LogP contribution in [-0.4, -0.2) is 31.7 Å². The molecule has 0 atom stereocenters. The molecule has 158 valence electrons. The summed E-state index contributed by atoms with van der Waals surface area (Å²) in [6.45, 7) is 1.04. The molecule has 1 heterocycles. The van der Waals surface area contributed by atoms with Gasteiger partial charge in [0, 0.05) is 24.3 Å². The summed E-state index contributed by atoms with van der Waals surface area (Å²) in [4.78, 5) is 12.8. The van der Waals surface area contributed by atoms with Gasteiger partial charge in [0.2, 0.25) is 10.0 Å². The minimum absolute atomic E-state index is 0.138. The molecule has 31 heavy (non-hydrogen) atoms. The van der Waals surface area contributed by atoms with Crippen molar-refractivity contribution in [3.8, 4) is 0 Å². The molecule has 1 fully saturated rings. The van der Waals surface area contributed by atoms with Crippen molar-refractivity contribution in [1.29, 1.82) is 0 Å². The molecule has 4 rings (SSSR count). The highest BCUT2D eigenvalue weighted by atomic mass is 32.2. The van der Waals surface area contributed by atoms with E-state index in [1.165, 1.54) is 16.4 Å². The van der Waals surface area contributed by atoms with Gasteiger partial charge in [0.1, 0.15) is 0 Å². The summed E-state index contributed by atoms with van der Waals surface area (Å²) in [5.41, 5.74) is 2.27. The molecule has 0 bridgehead atoms. The zero-order chi connectivity index (χ0) is 21.7. The van der Waals surface area contributed by atoms with Crippen LogP contribution < -0.4 is 5.32 Å². The van der Waals surface area contributed by atoms with E-state index in [-0.39, 0.29) is 16.4 Å². The van der Waals surface area contributed by atoms with Gasteiger partial charge in [0.15, 0.2) is 0 Å². The van der Waals surface area contributed by atoms with Crippen molar-refractivity contribution in [3.63, 3.8) is 0 Å². The van der Waals surface area contributed by atoms with Crippen LogP contribution in [0.15, 0.2) is 94.0 Å². The highest BCUT2D eigenvalue weighted by Gasteiger charge is 2.27. The largest absolute Gasteiger partial charge is 0.322 e. The number of carbonyl (C=O) groups is 1. The van der Waals surface area contributed by atoms with Gasteiger partial charge in [-0.15, -0.1) is 0 Å². The zero-order valence-electron chi connectivity index (χ0n) is 16.8. The number of nitrogens with one attached hydrogen (secondary N) is 1. The number of sulfonamides is 1. The van der Waals surface area contributed by atoms with Crippen molar-refractivity contribution < 1.29 is 13.2 Å². The third-order valence-corrected chi connectivity index (χ3v) is 6.86. The van der Waals surface area contributed by atoms with Crippen LogP contribution >= 0.6 is 0 Å². The van der Waals surface area contributed by atoms with Gasteiger partial charge in [-0.2, -0.15) is 14.5 Å². The molecule has 3 aromatic rings. The standard InChI is InChI=1S/C23H22N4O3S/c28-23(18-7-6-10-22(17-18)31(29,30)27-15-4-5-16-27)24-19-11-13-21(14-12-19)26-25-20-8-2-1-3-9-20/h1-3,6-14,17H,4-5,15-16H2,(H,24,28). The number of carbonyl (C=O) groups excluding carboxylic acids is 1. The second-order valence-corrected chi connectivity index (χ2v) is 9.11. The number of hydrogen-bond donors (Lipinski definition) is 1. The normalized spacial score (nSPS) is 14.7. The molecule has 0 spiro atoms. The molecule has 3 aromatic carbocycles. The second kappa shape index (κ2) is 9.20. The van der Waals surface area contributed by atoms with Crippen LogP contribution in [0.3, 0.4) is 0 Å². The Balaban J connectivity index is 1.44. The fourth-order valence-corrected chi connectivity index (χ4v) is 4.86. The van der Waals surface area contributed by atoms with Crippen LogP contribution in [0.2, 0.25) is 0 Å². The highest BCUT2D eigenvalue weighted by Crippen LogP contribution is 2.23. The number of hydrogen-bond acceptors (Lipinski definition) is 5. The Labute approximate surface area is 181 Å². The van der Waals surface area contributed by atoms with Crippen LogP contribution in [0.4, 0.5) is 17.1 Å². The molecule has 1 amide bonds. The van der Waals surface area contributed by atoms with Gasteiger partial charge in [-0.25, -0.2) is 8.42 Å². The van der Waals surface area contributed by atoms with Crippen molar-refractivity contribution in [1.82, 2.24) is 4.31 Å². The Morgan fingerprint density at radius 2 is 1.45 bits per heavy atom. The molecule has 7 nitrogen and oxygen atoms in total. The minimum atomic E-state index is -3.57. The third-order valence-electron chi connectivity index (χ3n) is 4.96. The summed E-state index contributed by atoms with van der Waals surface area (Å²) in [6.07, 6.45) is 1.72. The first-order valence-electron chi connectivity index (χ1n) is 10.0. The molecule has 0 saturated carbocycles. The molecule has 0 radical (unpaired) electrons. The lowest BCUT2D eigenvalue weighted by Crippen LogP contribution is -2.28. The molecule has 1 saturated heterocycles. The maximum atomic E-state index is 12.7. The summed E-state index contributed by atoms with van der Waals surface area (Å²) >= 11 is 0. The van der Waals surface area contributed by atoms with Crippen LogP contribution in [-0.2, 0) is 10.0 Å². The first kappa shape index (κ1) is 20.9. The fourth-order valence-electron chi connectivity index (χ4n) is 3.30. The Morgan fingerprint density at radius 1 is 0.806 bits per heavy atom. The minimum Gasteiger partial charge on any atom is -0.322 e. The average Bonchev–Trinajstić information content (AvgIpc) is 3.35. The number of azo groups is 1. The van der Waals surface area contributed by atoms with Crippen LogP contribution in [0.25, 0.3) is 0 Å². The van der Waals surface area contributed by atoms with Crippen LogP contribution in [0, 0.1) is 0 Å². The first-order chi connectivity index (χ1) is 15.0. The van der Waals surface area contributed by atoms with Gasteiger partial charge in [-0.1, -0.05) is 24.3 Å². The van der Waals surface area contributed by atoms with Crippen molar-refractivity contribution >= 4 is 33.0 Å². The second-order valence-electron chi connectivity index (χ2n) is 7.18. The van der Waals surface area contributed by atoms with Crippen LogP contribution in [0.5, 0.6) is 0 Å². The van der Waals surface area contributed by atoms with Crippen LogP contribution in [0.1, 0.15) is 23.2 Å². The molecular weight excluding hydrogens is 412 g/mol. The lowest BCUT2D eigenvalue weighted by atomic mass is 10.2. The summed E-state index contributed by atoms with van der Waals surface area (Å²) in [7, 11) is -3.57. The lowest BCUT2D eigenvalue weighted by molar-refractivity contribution is 0.102. The van der Waals surface area contributed by atoms with E-state index in [4.69, 9.17) is 0 Å². The van der Waals surface area contributed by atoms with Crippen molar-refractivity contribution in [3.05, 3.63) is 84.4 Å². The molecule has 0 unspecified atom stereocenters. The van der Waals surface area contributed by atoms with Gasteiger partial charge in [0.05, 0.1) is 16.3 Å². The predicted octanol–water partition coefficient (Wildman–Crippen LogP) is 5.14. The van der Waals surface area contributed by atoms with E-state index in [2.05, 4.69) is 15.5 Å². The quantitative estimate of drug-likeness (QED) is 0.545. The Morgan fingerprint density at radius 3 is 2.13 bits per heavy atom. The van der Waals surface area contributed by atoms with Gasteiger partial charge in [0.25, 0.3) is 5.91 Å². The van der Waals surface area contributed by atoms with Crippen molar-refractivity contribution in [2.24, 2.45) is 10.2 Å². The van der Waals surface area contributed by atoms with E-state index in [9.17, 15) is 13.2 Å². The predicted molar refractivity (Wildman–Crippen MR) is 119 cm³/mol. The molecule has 1 N–H and O–H groups in total. The maximum Gasteiger partial charge on any atom is 0.255 e. The van der Waals surface area contributed by atoms with E-state index in [1.54, 1.807) is 36.4 Å². The fraction of sp³-hybridized carbons (Fsp3) is 0.174. The number of anilines is 1. The van der Waals surface area contributed by atoms with Gasteiger partial charge in [-0.05, 0) is 67.4 Å². The van der Waals surface area contributed by atoms with Gasteiger partial charge < -0.3 is 5.32 Å². The number of nitrogens with zero attached hydrogens (tertiary/aromatic N) is 3. The maximum absolute atomic E-state index is 12.7. The van der Waals surface area contributed by atoms with E-state index in [0.717, 1.165) is 18.5 Å². The first-order valence-corrected chi connectivity index (χ1v) is 11.4.